The zero-order valence-electron chi connectivity index (χ0n) is 11.4. The molecule has 2 N–H and O–H groups in total. The van der Waals surface area contributed by atoms with E-state index in [1.165, 1.54) is 25.3 Å². The third kappa shape index (κ3) is 2.54. The van der Waals surface area contributed by atoms with E-state index in [-0.39, 0.29) is 10.5 Å². The number of benzene rings is 2. The first kappa shape index (κ1) is 14.8. The van der Waals surface area contributed by atoms with Gasteiger partial charge in [0.2, 0.25) is 0 Å². The van der Waals surface area contributed by atoms with Gasteiger partial charge < -0.3 is 4.74 Å². The highest BCUT2D eigenvalue weighted by Crippen LogP contribution is 2.34. The third-order valence-corrected chi connectivity index (χ3v) is 4.39. The van der Waals surface area contributed by atoms with Crippen LogP contribution in [-0.2, 0) is 10.1 Å². The molecule has 0 saturated heterocycles. The average Bonchev–Trinajstić information content (AvgIpc) is 2.88. The molecular formula is C14H11ClN2O4S. The molecule has 0 unspecified atom stereocenters. The van der Waals surface area contributed by atoms with Crippen LogP contribution < -0.4 is 4.74 Å². The first-order valence-electron chi connectivity index (χ1n) is 6.19. The maximum absolute atomic E-state index is 11.6. The summed E-state index contributed by atoms with van der Waals surface area (Å²) in [4.78, 5) is -0.256. The van der Waals surface area contributed by atoms with Crippen molar-refractivity contribution < 1.29 is 17.7 Å². The van der Waals surface area contributed by atoms with Crippen molar-refractivity contribution in [3.05, 3.63) is 41.4 Å². The SMILES string of the molecule is COc1ccc2[nH]nc(-c3cc(Cl)ccc3S(=O)(=O)O)c2c1. The molecule has 0 atom stereocenters. The van der Waals surface area contributed by atoms with Gasteiger partial charge >= 0.3 is 0 Å². The minimum absolute atomic E-state index is 0.217. The number of methoxy groups -OCH3 is 1. The van der Waals surface area contributed by atoms with Gasteiger partial charge in [-0.3, -0.25) is 9.65 Å². The van der Waals surface area contributed by atoms with Crippen molar-refractivity contribution in [3.8, 4) is 17.0 Å². The van der Waals surface area contributed by atoms with Crippen LogP contribution in [0.25, 0.3) is 22.2 Å². The van der Waals surface area contributed by atoms with Crippen LogP contribution in [0.15, 0.2) is 41.3 Å². The molecule has 3 aromatic rings. The molecule has 8 heteroatoms. The molecule has 0 spiro atoms. The summed E-state index contributed by atoms with van der Waals surface area (Å²) in [5.74, 6) is 0.602. The van der Waals surface area contributed by atoms with Gasteiger partial charge in [-0.25, -0.2) is 0 Å². The largest absolute Gasteiger partial charge is 0.497 e. The molecule has 0 aliphatic rings. The number of hydrogen-bond donors (Lipinski definition) is 2. The second kappa shape index (κ2) is 5.28. The van der Waals surface area contributed by atoms with Gasteiger partial charge in [-0.1, -0.05) is 11.6 Å². The molecule has 2 aromatic carbocycles. The van der Waals surface area contributed by atoms with E-state index in [4.69, 9.17) is 16.3 Å². The van der Waals surface area contributed by atoms with E-state index in [1.54, 1.807) is 18.2 Å². The van der Waals surface area contributed by atoms with Crippen LogP contribution in [-0.4, -0.2) is 30.3 Å². The van der Waals surface area contributed by atoms with Crippen molar-refractivity contribution in [2.45, 2.75) is 4.90 Å². The second-order valence-corrected chi connectivity index (χ2v) is 6.43. The molecule has 0 aliphatic carbocycles. The predicted molar refractivity (Wildman–Crippen MR) is 82.9 cm³/mol. The zero-order valence-corrected chi connectivity index (χ0v) is 12.9. The summed E-state index contributed by atoms with van der Waals surface area (Å²) in [5.41, 5.74) is 1.29. The van der Waals surface area contributed by atoms with Gasteiger partial charge in [0.25, 0.3) is 10.1 Å². The Bertz CT molecular complexity index is 966. The van der Waals surface area contributed by atoms with Crippen molar-refractivity contribution in [1.29, 1.82) is 0 Å². The molecule has 0 aliphatic heterocycles. The van der Waals surface area contributed by atoms with Crippen molar-refractivity contribution in [3.63, 3.8) is 0 Å². The summed E-state index contributed by atoms with van der Waals surface area (Å²) in [7, 11) is -2.87. The monoisotopic (exact) mass is 338 g/mol. The quantitative estimate of drug-likeness (QED) is 0.716. The molecular weight excluding hydrogens is 328 g/mol. The Balaban J connectivity index is 2.34. The lowest BCUT2D eigenvalue weighted by Gasteiger charge is -2.06. The van der Waals surface area contributed by atoms with E-state index in [0.717, 1.165) is 0 Å². The number of ether oxygens (including phenoxy) is 1. The van der Waals surface area contributed by atoms with Gasteiger partial charge in [0, 0.05) is 16.0 Å². The average molecular weight is 339 g/mol. The fourth-order valence-corrected chi connectivity index (χ4v) is 3.08. The fourth-order valence-electron chi connectivity index (χ4n) is 2.24. The van der Waals surface area contributed by atoms with E-state index in [2.05, 4.69) is 10.2 Å². The van der Waals surface area contributed by atoms with E-state index in [9.17, 15) is 13.0 Å². The van der Waals surface area contributed by atoms with Crippen molar-refractivity contribution >= 4 is 32.6 Å². The van der Waals surface area contributed by atoms with Gasteiger partial charge in [0.15, 0.2) is 0 Å². The predicted octanol–water partition coefficient (Wildman–Crippen LogP) is 3.14. The summed E-state index contributed by atoms with van der Waals surface area (Å²) < 4.78 is 37.7. The lowest BCUT2D eigenvalue weighted by molar-refractivity contribution is 0.415. The van der Waals surface area contributed by atoms with E-state index < -0.39 is 10.1 Å². The summed E-state index contributed by atoms with van der Waals surface area (Å²) in [6, 6.07) is 9.33. The lowest BCUT2D eigenvalue weighted by atomic mass is 10.1. The first-order valence-corrected chi connectivity index (χ1v) is 8.01. The fraction of sp³-hybridized carbons (Fsp3) is 0.0714. The minimum atomic E-state index is -4.40. The highest BCUT2D eigenvalue weighted by atomic mass is 35.5. The van der Waals surface area contributed by atoms with Gasteiger partial charge in [-0.15, -0.1) is 0 Å². The molecule has 3 rings (SSSR count). The maximum atomic E-state index is 11.6. The molecule has 0 saturated carbocycles. The maximum Gasteiger partial charge on any atom is 0.295 e. The first-order chi connectivity index (χ1) is 10.4. The Morgan fingerprint density at radius 1 is 1.23 bits per heavy atom. The van der Waals surface area contributed by atoms with Gasteiger partial charge in [-0.2, -0.15) is 13.5 Å². The van der Waals surface area contributed by atoms with Crippen LogP contribution in [0.3, 0.4) is 0 Å². The van der Waals surface area contributed by atoms with E-state index in [1.807, 2.05) is 0 Å². The van der Waals surface area contributed by atoms with Crippen LogP contribution in [0.5, 0.6) is 5.75 Å². The highest BCUT2D eigenvalue weighted by Gasteiger charge is 2.20. The Kier molecular flexibility index (Phi) is 3.56. The van der Waals surface area contributed by atoms with Crippen LogP contribution in [0, 0.1) is 0 Å². The number of nitrogens with one attached hydrogen (secondary N) is 1. The number of aromatic amines is 1. The number of hydrogen-bond acceptors (Lipinski definition) is 4. The number of nitrogens with zero attached hydrogens (tertiary/aromatic N) is 1. The molecule has 1 heterocycles. The van der Waals surface area contributed by atoms with Crippen molar-refractivity contribution in [2.24, 2.45) is 0 Å². The molecule has 1 aromatic heterocycles. The van der Waals surface area contributed by atoms with Crippen LogP contribution in [0.4, 0.5) is 0 Å². The lowest BCUT2D eigenvalue weighted by Crippen LogP contribution is -2.01. The molecule has 0 radical (unpaired) electrons. The Hall–Kier alpha value is -2.09. The van der Waals surface area contributed by atoms with Gasteiger partial charge in [0.1, 0.15) is 16.3 Å². The molecule has 6 nitrogen and oxygen atoms in total. The summed E-state index contributed by atoms with van der Waals surface area (Å²) in [6.07, 6.45) is 0. The third-order valence-electron chi connectivity index (χ3n) is 3.24. The number of rotatable bonds is 3. The smallest absolute Gasteiger partial charge is 0.295 e. The molecule has 22 heavy (non-hydrogen) atoms. The molecule has 0 fully saturated rings. The second-order valence-electron chi connectivity index (χ2n) is 4.60. The zero-order chi connectivity index (χ0) is 15.9. The van der Waals surface area contributed by atoms with Crippen molar-refractivity contribution in [2.75, 3.05) is 7.11 Å². The number of H-pyrrole nitrogens is 1. The Morgan fingerprint density at radius 3 is 2.68 bits per heavy atom. The number of halogens is 1. The topological polar surface area (TPSA) is 92.3 Å². The van der Waals surface area contributed by atoms with Crippen LogP contribution in [0.1, 0.15) is 0 Å². The number of aromatic nitrogens is 2. The van der Waals surface area contributed by atoms with Crippen LogP contribution in [0.2, 0.25) is 5.02 Å². The molecule has 114 valence electrons. The van der Waals surface area contributed by atoms with E-state index >= 15 is 0 Å². The summed E-state index contributed by atoms with van der Waals surface area (Å²) in [5, 5.41) is 7.95. The van der Waals surface area contributed by atoms with Crippen LogP contribution >= 0.6 is 11.6 Å². The molecule has 0 bridgehead atoms. The van der Waals surface area contributed by atoms with Gasteiger partial charge in [-0.05, 0) is 36.4 Å². The standard InChI is InChI=1S/C14H11ClN2O4S/c1-21-9-3-4-12-10(7-9)14(17-16-12)11-6-8(15)2-5-13(11)22(18,19)20/h2-7H,1H3,(H,16,17)(H,18,19,20). The van der Waals surface area contributed by atoms with Gasteiger partial charge in [0.05, 0.1) is 12.6 Å². The highest BCUT2D eigenvalue weighted by molar-refractivity contribution is 7.86. The summed E-state index contributed by atoms with van der Waals surface area (Å²) >= 11 is 5.95. The van der Waals surface area contributed by atoms with E-state index in [0.29, 0.717) is 27.4 Å². The number of fused-ring (bicyclic) bond motifs is 1. The molecule has 0 amide bonds. The van der Waals surface area contributed by atoms with Crippen molar-refractivity contribution in [1.82, 2.24) is 10.2 Å². The minimum Gasteiger partial charge on any atom is -0.497 e. The summed E-state index contributed by atoms with van der Waals surface area (Å²) in [6.45, 7) is 0. The Morgan fingerprint density at radius 2 is 2.00 bits per heavy atom. The normalized spacial score (nSPS) is 11.8. The Labute approximate surface area is 131 Å².